The van der Waals surface area contributed by atoms with Crippen LogP contribution in [0.2, 0.25) is 0 Å². The second-order valence-corrected chi connectivity index (χ2v) is 8.25. The lowest BCUT2D eigenvalue weighted by Crippen LogP contribution is -2.57. The highest BCUT2D eigenvalue weighted by Crippen LogP contribution is 2.32. The molecule has 0 radical (unpaired) electrons. The molecular formula is C18H27N3O3S. The Hall–Kier alpha value is -1.44. The Morgan fingerprint density at radius 3 is 2.36 bits per heavy atom. The monoisotopic (exact) mass is 365 g/mol. The Morgan fingerprint density at radius 1 is 1.16 bits per heavy atom. The number of ether oxygens (including phenoxy) is 1. The van der Waals surface area contributed by atoms with Crippen molar-refractivity contribution in [3.63, 3.8) is 0 Å². The van der Waals surface area contributed by atoms with E-state index < -0.39 is 5.41 Å². The second-order valence-electron chi connectivity index (χ2n) is 6.96. The maximum absolute atomic E-state index is 13.1. The molecule has 25 heavy (non-hydrogen) atoms. The zero-order valence-electron chi connectivity index (χ0n) is 15.0. The van der Waals surface area contributed by atoms with Crippen LogP contribution in [0.4, 0.5) is 0 Å². The molecule has 0 aliphatic carbocycles. The Morgan fingerprint density at radius 2 is 1.80 bits per heavy atom. The number of nitrogens with one attached hydrogen (secondary N) is 1. The van der Waals surface area contributed by atoms with Crippen LogP contribution >= 0.6 is 11.3 Å². The van der Waals surface area contributed by atoms with Crippen LogP contribution in [0.25, 0.3) is 0 Å². The van der Waals surface area contributed by atoms with E-state index in [1.807, 2.05) is 28.9 Å². The molecule has 0 saturated carbocycles. The smallest absolute Gasteiger partial charge is 0.264 e. The normalized spacial score (nSPS) is 20.6. The summed E-state index contributed by atoms with van der Waals surface area (Å²) in [4.78, 5) is 31.4. The van der Waals surface area contributed by atoms with Gasteiger partial charge in [0.2, 0.25) is 5.91 Å². The lowest BCUT2D eigenvalue weighted by atomic mass is 9.78. The molecule has 1 aromatic heterocycles. The summed E-state index contributed by atoms with van der Waals surface area (Å²) in [6.07, 6.45) is 1.63. The van der Waals surface area contributed by atoms with E-state index in [2.05, 4.69) is 5.32 Å². The molecular weight excluding hydrogens is 338 g/mol. The third-order valence-electron chi connectivity index (χ3n) is 5.24. The van der Waals surface area contributed by atoms with Crippen molar-refractivity contribution in [3.05, 3.63) is 21.9 Å². The zero-order valence-corrected chi connectivity index (χ0v) is 15.9. The van der Waals surface area contributed by atoms with Gasteiger partial charge in [0, 0.05) is 38.2 Å². The van der Waals surface area contributed by atoms with Gasteiger partial charge in [-0.1, -0.05) is 0 Å². The van der Waals surface area contributed by atoms with Crippen LogP contribution in [-0.4, -0.2) is 74.6 Å². The molecule has 2 aliphatic rings. The molecule has 2 aliphatic heterocycles. The molecule has 2 amide bonds. The van der Waals surface area contributed by atoms with E-state index in [-0.39, 0.29) is 11.8 Å². The number of carbonyl (C=O) groups is 2. The molecule has 2 fully saturated rings. The number of aryl methyl sites for hydroxylation is 1. The van der Waals surface area contributed by atoms with E-state index in [0.717, 1.165) is 35.7 Å². The van der Waals surface area contributed by atoms with E-state index in [9.17, 15) is 9.59 Å². The molecule has 0 unspecified atom stereocenters. The average molecular weight is 365 g/mol. The van der Waals surface area contributed by atoms with Crippen molar-refractivity contribution in [2.45, 2.75) is 19.8 Å². The highest BCUT2D eigenvalue weighted by Gasteiger charge is 2.43. The third kappa shape index (κ3) is 3.88. The standard InChI is InChI=1S/C18H27N3O3S/c1-14-3-4-15(25-14)16(22)20-9-11-21(12-10-20)17(23)18(13-24-2)5-7-19-8-6-18/h3-4,19H,5-13H2,1-2H3. The SMILES string of the molecule is COCC1(C(=O)N2CCN(C(=O)c3ccc(C)s3)CC2)CCNCC1. The quantitative estimate of drug-likeness (QED) is 0.875. The summed E-state index contributed by atoms with van der Waals surface area (Å²) >= 11 is 1.53. The van der Waals surface area contributed by atoms with E-state index in [0.29, 0.717) is 32.8 Å². The van der Waals surface area contributed by atoms with Crippen LogP contribution in [-0.2, 0) is 9.53 Å². The summed E-state index contributed by atoms with van der Waals surface area (Å²) in [6, 6.07) is 3.87. The zero-order chi connectivity index (χ0) is 17.9. The Kier molecular flexibility index (Phi) is 5.76. The minimum atomic E-state index is -0.406. The van der Waals surface area contributed by atoms with E-state index in [4.69, 9.17) is 4.74 Å². The molecule has 7 heteroatoms. The van der Waals surface area contributed by atoms with E-state index in [1.54, 1.807) is 7.11 Å². The fourth-order valence-corrected chi connectivity index (χ4v) is 4.59. The molecule has 0 atom stereocenters. The molecule has 0 bridgehead atoms. The van der Waals surface area contributed by atoms with Gasteiger partial charge in [0.15, 0.2) is 0 Å². The van der Waals surface area contributed by atoms with Crippen molar-refractivity contribution in [2.75, 3.05) is 53.0 Å². The van der Waals surface area contributed by atoms with E-state index in [1.165, 1.54) is 11.3 Å². The molecule has 0 aromatic carbocycles. The fraction of sp³-hybridized carbons (Fsp3) is 0.667. The summed E-state index contributed by atoms with van der Waals surface area (Å²) in [7, 11) is 1.66. The van der Waals surface area contributed by atoms with Gasteiger partial charge in [-0.15, -0.1) is 11.3 Å². The van der Waals surface area contributed by atoms with Gasteiger partial charge >= 0.3 is 0 Å². The lowest BCUT2D eigenvalue weighted by Gasteiger charge is -2.42. The summed E-state index contributed by atoms with van der Waals surface area (Å²) in [5.41, 5.74) is -0.406. The van der Waals surface area contributed by atoms with Gasteiger partial charge in [-0.2, -0.15) is 0 Å². The summed E-state index contributed by atoms with van der Waals surface area (Å²) < 4.78 is 5.38. The van der Waals surface area contributed by atoms with Crippen molar-refractivity contribution >= 4 is 23.2 Å². The van der Waals surface area contributed by atoms with Crippen molar-refractivity contribution in [1.82, 2.24) is 15.1 Å². The first-order chi connectivity index (χ1) is 12.1. The third-order valence-corrected chi connectivity index (χ3v) is 6.23. The maximum Gasteiger partial charge on any atom is 0.264 e. The second kappa shape index (κ2) is 7.85. The van der Waals surface area contributed by atoms with Crippen molar-refractivity contribution in [3.8, 4) is 0 Å². The number of nitrogens with zero attached hydrogens (tertiary/aromatic N) is 2. The molecule has 138 valence electrons. The number of methoxy groups -OCH3 is 1. The van der Waals surface area contributed by atoms with Crippen LogP contribution in [0.3, 0.4) is 0 Å². The number of hydrogen-bond acceptors (Lipinski definition) is 5. The topological polar surface area (TPSA) is 61.9 Å². The number of piperazine rings is 1. The number of amides is 2. The van der Waals surface area contributed by atoms with Gasteiger partial charge in [-0.3, -0.25) is 9.59 Å². The predicted octanol–water partition coefficient (Wildman–Crippen LogP) is 1.36. The molecule has 2 saturated heterocycles. The number of hydrogen-bond donors (Lipinski definition) is 1. The van der Waals surface area contributed by atoms with Crippen LogP contribution in [0.1, 0.15) is 27.4 Å². The minimum absolute atomic E-state index is 0.0821. The average Bonchev–Trinajstić information content (AvgIpc) is 3.08. The largest absolute Gasteiger partial charge is 0.384 e. The van der Waals surface area contributed by atoms with Gasteiger partial charge in [0.05, 0.1) is 16.9 Å². The molecule has 1 N–H and O–H groups in total. The number of piperidine rings is 1. The van der Waals surface area contributed by atoms with Gasteiger partial charge in [-0.25, -0.2) is 0 Å². The number of carbonyl (C=O) groups excluding carboxylic acids is 2. The van der Waals surface area contributed by atoms with Gasteiger partial charge < -0.3 is 19.9 Å². The molecule has 3 rings (SSSR count). The molecule has 1 aromatic rings. The van der Waals surface area contributed by atoms with Gasteiger partial charge in [0.25, 0.3) is 5.91 Å². The van der Waals surface area contributed by atoms with Crippen molar-refractivity contribution in [1.29, 1.82) is 0 Å². The fourth-order valence-electron chi connectivity index (χ4n) is 3.75. The van der Waals surface area contributed by atoms with Crippen molar-refractivity contribution < 1.29 is 14.3 Å². The molecule has 6 nitrogen and oxygen atoms in total. The maximum atomic E-state index is 13.1. The summed E-state index contributed by atoms with van der Waals surface area (Å²) in [5.74, 6) is 0.272. The van der Waals surface area contributed by atoms with Crippen molar-refractivity contribution in [2.24, 2.45) is 5.41 Å². The van der Waals surface area contributed by atoms with Crippen LogP contribution in [0.15, 0.2) is 12.1 Å². The Bertz CT molecular complexity index is 611. The highest BCUT2D eigenvalue weighted by atomic mass is 32.1. The Balaban J connectivity index is 1.61. The van der Waals surface area contributed by atoms with Gasteiger partial charge in [0.1, 0.15) is 0 Å². The predicted molar refractivity (Wildman–Crippen MR) is 98.0 cm³/mol. The summed E-state index contributed by atoms with van der Waals surface area (Å²) in [6.45, 7) is 6.59. The summed E-state index contributed by atoms with van der Waals surface area (Å²) in [5, 5.41) is 3.32. The number of rotatable bonds is 4. The first kappa shape index (κ1) is 18.4. The highest BCUT2D eigenvalue weighted by molar-refractivity contribution is 7.13. The van der Waals surface area contributed by atoms with E-state index >= 15 is 0 Å². The molecule has 3 heterocycles. The molecule has 0 spiro atoms. The van der Waals surface area contributed by atoms with Crippen LogP contribution < -0.4 is 5.32 Å². The minimum Gasteiger partial charge on any atom is -0.384 e. The number of thiophene rings is 1. The Labute approximate surface area is 153 Å². The first-order valence-electron chi connectivity index (χ1n) is 8.90. The first-order valence-corrected chi connectivity index (χ1v) is 9.72. The van der Waals surface area contributed by atoms with Gasteiger partial charge in [-0.05, 0) is 45.0 Å². The van der Waals surface area contributed by atoms with Crippen LogP contribution in [0, 0.1) is 12.3 Å². The lowest BCUT2D eigenvalue weighted by molar-refractivity contribution is -0.149. The van der Waals surface area contributed by atoms with Crippen LogP contribution in [0.5, 0.6) is 0 Å².